The van der Waals surface area contributed by atoms with Crippen molar-refractivity contribution in [1.29, 1.82) is 0 Å². The van der Waals surface area contributed by atoms with Crippen molar-refractivity contribution in [2.24, 2.45) is 0 Å². The Morgan fingerprint density at radius 2 is 1.73 bits per heavy atom. The van der Waals surface area contributed by atoms with Crippen LogP contribution in [0.15, 0.2) is 30.3 Å². The molecule has 0 radical (unpaired) electrons. The van der Waals surface area contributed by atoms with Gasteiger partial charge >= 0.3 is 0 Å². The summed E-state index contributed by atoms with van der Waals surface area (Å²) in [4.78, 5) is 29.2. The van der Waals surface area contributed by atoms with Gasteiger partial charge in [0.1, 0.15) is 5.00 Å². The molecule has 1 fully saturated rings. The van der Waals surface area contributed by atoms with E-state index in [-0.39, 0.29) is 11.7 Å². The number of rotatable bonds is 5. The van der Waals surface area contributed by atoms with Crippen LogP contribution in [0.4, 0.5) is 5.00 Å². The van der Waals surface area contributed by atoms with Crippen molar-refractivity contribution in [3.63, 3.8) is 0 Å². The van der Waals surface area contributed by atoms with Crippen molar-refractivity contribution >= 4 is 28.0 Å². The first-order chi connectivity index (χ1) is 12.7. The third kappa shape index (κ3) is 3.60. The Morgan fingerprint density at radius 1 is 1.00 bits per heavy atom. The number of carbonyl (C=O) groups excluding carboxylic acids is 2. The van der Waals surface area contributed by atoms with E-state index in [0.717, 1.165) is 54.9 Å². The second kappa shape index (κ2) is 7.72. The van der Waals surface area contributed by atoms with Crippen LogP contribution in [-0.4, -0.2) is 36.2 Å². The number of hydrogen-bond donors (Lipinski definition) is 1. The molecule has 4 rings (SSSR count). The highest BCUT2D eigenvalue weighted by Crippen LogP contribution is 2.39. The molecule has 0 spiro atoms. The molecule has 1 aliphatic heterocycles. The molecular formula is C21H24N2O2S. The number of fused-ring (bicyclic) bond motifs is 1. The van der Waals surface area contributed by atoms with Gasteiger partial charge in [-0.15, -0.1) is 11.3 Å². The van der Waals surface area contributed by atoms with Crippen molar-refractivity contribution in [2.45, 2.75) is 38.5 Å². The molecule has 2 aromatic rings. The molecule has 5 heteroatoms. The number of thiophene rings is 1. The number of aryl methyl sites for hydroxylation is 1. The minimum Gasteiger partial charge on any atom is -0.316 e. The summed E-state index contributed by atoms with van der Waals surface area (Å²) in [6.45, 7) is 2.40. The predicted octanol–water partition coefficient (Wildman–Crippen LogP) is 3.89. The molecule has 4 nitrogen and oxygen atoms in total. The summed E-state index contributed by atoms with van der Waals surface area (Å²) < 4.78 is 0. The highest BCUT2D eigenvalue weighted by molar-refractivity contribution is 7.17. The number of anilines is 1. The Balaban J connectivity index is 1.62. The highest BCUT2D eigenvalue weighted by atomic mass is 32.1. The molecule has 0 bridgehead atoms. The van der Waals surface area contributed by atoms with Crippen LogP contribution in [0.2, 0.25) is 0 Å². The molecule has 0 saturated carbocycles. The maximum Gasteiger partial charge on any atom is 0.239 e. The van der Waals surface area contributed by atoms with E-state index in [2.05, 4.69) is 10.2 Å². The van der Waals surface area contributed by atoms with Crippen LogP contribution in [0.3, 0.4) is 0 Å². The fourth-order valence-corrected chi connectivity index (χ4v) is 5.24. The molecule has 2 heterocycles. The average Bonchev–Trinajstić information content (AvgIpc) is 3.29. The fourth-order valence-electron chi connectivity index (χ4n) is 3.94. The van der Waals surface area contributed by atoms with Crippen molar-refractivity contribution in [3.05, 3.63) is 51.9 Å². The smallest absolute Gasteiger partial charge is 0.239 e. The van der Waals surface area contributed by atoms with Gasteiger partial charge in [-0.05, 0) is 57.2 Å². The molecule has 136 valence electrons. The number of nitrogens with zero attached hydrogens (tertiary/aromatic N) is 1. The van der Waals surface area contributed by atoms with Crippen LogP contribution in [-0.2, 0) is 17.6 Å². The molecule has 2 aliphatic rings. The van der Waals surface area contributed by atoms with Gasteiger partial charge in [0, 0.05) is 10.4 Å². The van der Waals surface area contributed by atoms with Crippen LogP contribution in [0, 0.1) is 0 Å². The minimum absolute atomic E-state index is 0.00684. The maximum atomic E-state index is 13.2. The van der Waals surface area contributed by atoms with Gasteiger partial charge in [-0.25, -0.2) is 0 Å². The number of amides is 1. The summed E-state index contributed by atoms with van der Waals surface area (Å²) in [6, 6.07) is 9.39. The first-order valence-electron chi connectivity index (χ1n) is 9.49. The van der Waals surface area contributed by atoms with Crippen molar-refractivity contribution < 1.29 is 9.59 Å². The zero-order valence-corrected chi connectivity index (χ0v) is 15.7. The lowest BCUT2D eigenvalue weighted by Crippen LogP contribution is -2.31. The van der Waals surface area contributed by atoms with Gasteiger partial charge in [0.15, 0.2) is 5.78 Å². The van der Waals surface area contributed by atoms with Crippen LogP contribution in [0.5, 0.6) is 0 Å². The van der Waals surface area contributed by atoms with Gasteiger partial charge in [0.05, 0.1) is 12.1 Å². The van der Waals surface area contributed by atoms with Gasteiger partial charge in [-0.2, -0.15) is 0 Å². The van der Waals surface area contributed by atoms with Gasteiger partial charge < -0.3 is 5.32 Å². The largest absolute Gasteiger partial charge is 0.316 e. The molecule has 1 aromatic heterocycles. The van der Waals surface area contributed by atoms with Gasteiger partial charge in [-0.1, -0.05) is 30.3 Å². The first-order valence-corrected chi connectivity index (χ1v) is 10.3. The molecule has 1 amide bonds. The molecule has 1 aliphatic carbocycles. The second-order valence-corrected chi connectivity index (χ2v) is 8.25. The average molecular weight is 369 g/mol. The quantitative estimate of drug-likeness (QED) is 0.815. The lowest BCUT2D eigenvalue weighted by atomic mass is 9.92. The zero-order chi connectivity index (χ0) is 17.9. The first kappa shape index (κ1) is 17.4. The molecule has 1 N–H and O–H groups in total. The number of likely N-dealkylation sites (tertiary alicyclic amines) is 1. The number of ketones is 1. The summed E-state index contributed by atoms with van der Waals surface area (Å²) in [5, 5.41) is 3.81. The van der Waals surface area contributed by atoms with E-state index in [4.69, 9.17) is 0 Å². The summed E-state index contributed by atoms with van der Waals surface area (Å²) in [7, 11) is 0. The lowest BCUT2D eigenvalue weighted by Gasteiger charge is -2.15. The molecule has 0 unspecified atom stereocenters. The number of carbonyl (C=O) groups is 2. The van der Waals surface area contributed by atoms with Crippen molar-refractivity contribution in [2.75, 3.05) is 25.0 Å². The summed E-state index contributed by atoms with van der Waals surface area (Å²) in [5.74, 6) is 0.0223. The van der Waals surface area contributed by atoms with Gasteiger partial charge in [0.25, 0.3) is 0 Å². The van der Waals surface area contributed by atoms with Crippen molar-refractivity contribution in [1.82, 2.24) is 4.90 Å². The topological polar surface area (TPSA) is 49.4 Å². The Bertz CT molecular complexity index is 807. The Morgan fingerprint density at radius 3 is 2.50 bits per heavy atom. The fraction of sp³-hybridized carbons (Fsp3) is 0.429. The van der Waals surface area contributed by atoms with E-state index >= 15 is 0 Å². The van der Waals surface area contributed by atoms with Crippen LogP contribution >= 0.6 is 11.3 Å². The van der Waals surface area contributed by atoms with Gasteiger partial charge in [-0.3, -0.25) is 14.5 Å². The van der Waals surface area contributed by atoms with E-state index in [0.29, 0.717) is 12.1 Å². The minimum atomic E-state index is -0.00684. The third-order valence-corrected chi connectivity index (χ3v) is 6.46. The molecular weight excluding hydrogens is 344 g/mol. The summed E-state index contributed by atoms with van der Waals surface area (Å²) in [5.41, 5.74) is 2.57. The highest BCUT2D eigenvalue weighted by Gasteiger charge is 2.27. The summed E-state index contributed by atoms with van der Waals surface area (Å²) >= 11 is 1.60. The third-order valence-electron chi connectivity index (χ3n) is 5.25. The molecule has 1 aromatic carbocycles. The lowest BCUT2D eigenvalue weighted by molar-refractivity contribution is -0.117. The van der Waals surface area contributed by atoms with Crippen molar-refractivity contribution in [3.8, 4) is 0 Å². The Labute approximate surface area is 158 Å². The van der Waals surface area contributed by atoms with E-state index < -0.39 is 0 Å². The summed E-state index contributed by atoms with van der Waals surface area (Å²) in [6.07, 6.45) is 6.54. The number of nitrogens with one attached hydrogen (secondary N) is 1. The normalized spacial score (nSPS) is 17.1. The van der Waals surface area contributed by atoms with E-state index in [1.807, 2.05) is 30.3 Å². The maximum absolute atomic E-state index is 13.2. The second-order valence-electron chi connectivity index (χ2n) is 7.14. The number of hydrogen-bond acceptors (Lipinski definition) is 4. The standard InChI is InChI=1S/C21H24N2O2S/c24-18(14-23-12-6-7-13-23)22-21-19(16-10-4-5-11-17(16)26-21)20(25)15-8-2-1-3-9-15/h1-3,8-9H,4-7,10-14H2,(H,22,24). The van der Waals surface area contributed by atoms with Crippen LogP contribution in [0.25, 0.3) is 0 Å². The van der Waals surface area contributed by atoms with E-state index in [1.54, 1.807) is 11.3 Å². The van der Waals surface area contributed by atoms with E-state index in [1.165, 1.54) is 17.7 Å². The Hall–Kier alpha value is -1.98. The molecule has 26 heavy (non-hydrogen) atoms. The monoisotopic (exact) mass is 368 g/mol. The van der Waals surface area contributed by atoms with Gasteiger partial charge in [0.2, 0.25) is 5.91 Å². The molecule has 0 atom stereocenters. The SMILES string of the molecule is O=C(CN1CCCC1)Nc1sc2c(c1C(=O)c1ccccc1)CCCC2. The predicted molar refractivity (Wildman–Crippen MR) is 105 cm³/mol. The Kier molecular flexibility index (Phi) is 5.18. The zero-order valence-electron chi connectivity index (χ0n) is 14.9. The number of benzene rings is 1. The molecule has 1 saturated heterocycles. The van der Waals surface area contributed by atoms with E-state index in [9.17, 15) is 9.59 Å². The van der Waals surface area contributed by atoms with Crippen LogP contribution < -0.4 is 5.32 Å². The van der Waals surface area contributed by atoms with Crippen LogP contribution in [0.1, 0.15) is 52.0 Å².